The fourth-order valence-electron chi connectivity index (χ4n) is 10.9. The maximum atomic E-state index is 15.0. The summed E-state index contributed by atoms with van der Waals surface area (Å²) in [6.45, 7) is 4.65. The molecule has 1 spiro atoms. The van der Waals surface area contributed by atoms with Gasteiger partial charge in [0.2, 0.25) is 0 Å². The Balaban J connectivity index is 1.11. The van der Waals surface area contributed by atoms with Crippen LogP contribution in [0.3, 0.4) is 0 Å². The minimum absolute atomic E-state index is 0.0678. The van der Waals surface area contributed by atoms with Gasteiger partial charge in [-0.1, -0.05) is 184 Å². The number of benzene rings is 9. The van der Waals surface area contributed by atoms with Gasteiger partial charge in [0.05, 0.1) is 5.41 Å². The van der Waals surface area contributed by atoms with E-state index in [0.29, 0.717) is 0 Å². The van der Waals surface area contributed by atoms with Crippen molar-refractivity contribution in [1.29, 1.82) is 0 Å². The summed E-state index contributed by atoms with van der Waals surface area (Å²) in [6.07, 6.45) is 0. The van der Waals surface area contributed by atoms with E-state index >= 15 is 4.79 Å². The summed E-state index contributed by atoms with van der Waals surface area (Å²) in [4.78, 5) is 15.0. The summed E-state index contributed by atoms with van der Waals surface area (Å²) in [5, 5.41) is 0. The van der Waals surface area contributed by atoms with Gasteiger partial charge < -0.3 is 0 Å². The lowest BCUT2D eigenvalue weighted by atomic mass is 9.60. The van der Waals surface area contributed by atoms with Crippen molar-refractivity contribution in [3.63, 3.8) is 0 Å². The van der Waals surface area contributed by atoms with E-state index in [-0.39, 0.29) is 11.2 Å². The zero-order chi connectivity index (χ0) is 40.2. The number of rotatable bonds is 4. The second kappa shape index (κ2) is 12.8. The van der Waals surface area contributed by atoms with Crippen LogP contribution in [0.25, 0.3) is 66.8 Å². The van der Waals surface area contributed by atoms with Crippen LogP contribution in [0.1, 0.15) is 63.1 Å². The normalized spacial score (nSPS) is 14.5. The van der Waals surface area contributed by atoms with Crippen LogP contribution < -0.4 is 0 Å². The Hall–Kier alpha value is -7.35. The highest BCUT2D eigenvalue weighted by Gasteiger charge is 2.52. The molecule has 0 aliphatic heterocycles. The van der Waals surface area contributed by atoms with Crippen molar-refractivity contribution in [2.45, 2.75) is 24.7 Å². The summed E-state index contributed by atoms with van der Waals surface area (Å²) >= 11 is 0. The standard InChI is InChI=1S/C59H40O/c1-58(2)51-22-12-9-21-47(51)50-34-39(27-30-52(50)58)40-25-28-48-55(35-40)59(53-23-13-10-19-45(53)46-20-11-14-24-54(46)59)56-36-41(26-29-49(56)57(48)60)44-32-42(37-15-5-3-6-16-37)31-43(33-44)38-17-7-4-8-18-38/h3-36H,1-2H3. The van der Waals surface area contributed by atoms with Crippen LogP contribution in [0, 0.1) is 0 Å². The van der Waals surface area contributed by atoms with E-state index in [0.717, 1.165) is 55.6 Å². The smallest absolute Gasteiger partial charge is 0.193 e. The molecule has 0 aromatic heterocycles. The molecule has 0 saturated carbocycles. The molecule has 0 bridgehead atoms. The van der Waals surface area contributed by atoms with Crippen molar-refractivity contribution >= 4 is 5.78 Å². The van der Waals surface area contributed by atoms with Crippen molar-refractivity contribution < 1.29 is 4.79 Å². The maximum Gasteiger partial charge on any atom is 0.193 e. The molecule has 1 heteroatoms. The van der Waals surface area contributed by atoms with Gasteiger partial charge in [-0.25, -0.2) is 0 Å². The molecule has 9 aromatic carbocycles. The molecule has 0 N–H and O–H groups in total. The zero-order valence-electron chi connectivity index (χ0n) is 33.5. The Bertz CT molecular complexity index is 3140. The predicted octanol–water partition coefficient (Wildman–Crippen LogP) is 14.6. The number of carbonyl (C=O) groups is 1. The second-order valence-electron chi connectivity index (χ2n) is 17.2. The average molecular weight is 765 g/mol. The minimum atomic E-state index is -0.720. The zero-order valence-corrected chi connectivity index (χ0v) is 33.5. The van der Waals surface area contributed by atoms with Crippen LogP contribution in [-0.4, -0.2) is 5.78 Å². The molecular weight excluding hydrogens is 725 g/mol. The summed E-state index contributed by atoms with van der Waals surface area (Å²) in [5.74, 6) is 0.0678. The quantitative estimate of drug-likeness (QED) is 0.174. The van der Waals surface area contributed by atoms with Crippen molar-refractivity contribution in [1.82, 2.24) is 0 Å². The molecule has 60 heavy (non-hydrogen) atoms. The molecule has 1 nitrogen and oxygen atoms in total. The first-order valence-corrected chi connectivity index (χ1v) is 21.0. The number of carbonyl (C=O) groups excluding carboxylic acids is 1. The van der Waals surface area contributed by atoms with E-state index in [4.69, 9.17) is 0 Å². The molecule has 3 aliphatic rings. The van der Waals surface area contributed by atoms with Crippen LogP contribution in [0.2, 0.25) is 0 Å². The molecule has 12 rings (SSSR count). The molecule has 0 fully saturated rings. The molecule has 0 radical (unpaired) electrons. The van der Waals surface area contributed by atoms with Crippen LogP contribution >= 0.6 is 0 Å². The Morgan fingerprint density at radius 2 is 0.650 bits per heavy atom. The molecule has 9 aromatic rings. The fourth-order valence-corrected chi connectivity index (χ4v) is 10.9. The summed E-state index contributed by atoms with van der Waals surface area (Å²) in [7, 11) is 0. The highest BCUT2D eigenvalue weighted by Crippen LogP contribution is 2.60. The van der Waals surface area contributed by atoms with Gasteiger partial charge in [-0.15, -0.1) is 0 Å². The van der Waals surface area contributed by atoms with Gasteiger partial charge >= 0.3 is 0 Å². The Kier molecular flexibility index (Phi) is 7.41. The van der Waals surface area contributed by atoms with Gasteiger partial charge in [0.25, 0.3) is 0 Å². The van der Waals surface area contributed by atoms with Crippen LogP contribution in [0.4, 0.5) is 0 Å². The Morgan fingerprint density at radius 1 is 0.267 bits per heavy atom. The lowest BCUT2D eigenvalue weighted by Crippen LogP contribution is -2.36. The molecule has 0 unspecified atom stereocenters. The van der Waals surface area contributed by atoms with E-state index < -0.39 is 5.41 Å². The van der Waals surface area contributed by atoms with Crippen molar-refractivity contribution in [2.75, 3.05) is 0 Å². The van der Waals surface area contributed by atoms with E-state index in [9.17, 15) is 0 Å². The molecule has 3 aliphatic carbocycles. The van der Waals surface area contributed by atoms with Crippen LogP contribution in [0.5, 0.6) is 0 Å². The third kappa shape index (κ3) is 4.84. The molecule has 0 saturated heterocycles. The maximum absolute atomic E-state index is 15.0. The SMILES string of the molecule is CC1(C)c2ccccc2-c2cc(-c3ccc4c(c3)C3(c5cc(-c6cc(-c7ccccc7)cc(-c7ccccc7)c6)ccc5C4=O)c4ccccc4-c4ccccc43)ccc21. The number of hydrogen-bond donors (Lipinski definition) is 0. The fraction of sp³-hybridized carbons (Fsp3) is 0.0678. The van der Waals surface area contributed by atoms with E-state index in [1.165, 1.54) is 55.6 Å². The van der Waals surface area contributed by atoms with Gasteiger partial charge in [0, 0.05) is 16.5 Å². The Morgan fingerprint density at radius 3 is 1.18 bits per heavy atom. The summed E-state index contributed by atoms with van der Waals surface area (Å²) < 4.78 is 0. The topological polar surface area (TPSA) is 17.1 Å². The van der Waals surface area contributed by atoms with E-state index in [1.54, 1.807) is 0 Å². The van der Waals surface area contributed by atoms with Crippen LogP contribution in [-0.2, 0) is 10.8 Å². The van der Waals surface area contributed by atoms with Crippen molar-refractivity contribution in [2.24, 2.45) is 0 Å². The molecule has 0 amide bonds. The summed E-state index contributed by atoms with van der Waals surface area (Å²) in [5.41, 5.74) is 22.0. The molecular formula is C59H40O. The lowest BCUT2D eigenvalue weighted by Gasteiger charge is -2.40. The lowest BCUT2D eigenvalue weighted by molar-refractivity contribution is 0.103. The van der Waals surface area contributed by atoms with Crippen molar-refractivity contribution in [3.05, 3.63) is 251 Å². The van der Waals surface area contributed by atoms with Gasteiger partial charge in [-0.3, -0.25) is 4.79 Å². The first-order valence-electron chi connectivity index (χ1n) is 21.0. The van der Waals surface area contributed by atoms with Gasteiger partial charge in [-0.2, -0.15) is 0 Å². The van der Waals surface area contributed by atoms with Gasteiger partial charge in [-0.05, 0) is 137 Å². The second-order valence-corrected chi connectivity index (χ2v) is 17.2. The molecule has 0 atom stereocenters. The number of hydrogen-bond acceptors (Lipinski definition) is 1. The first kappa shape index (κ1) is 34.7. The highest BCUT2D eigenvalue weighted by molar-refractivity contribution is 6.15. The monoisotopic (exact) mass is 764 g/mol. The van der Waals surface area contributed by atoms with Gasteiger partial charge in [0.1, 0.15) is 0 Å². The van der Waals surface area contributed by atoms with E-state index in [1.807, 2.05) is 0 Å². The first-order chi connectivity index (χ1) is 29.4. The highest BCUT2D eigenvalue weighted by atomic mass is 16.1. The largest absolute Gasteiger partial charge is 0.289 e. The third-order valence-corrected chi connectivity index (χ3v) is 13.7. The summed E-state index contributed by atoms with van der Waals surface area (Å²) in [6, 6.07) is 74.7. The number of ketones is 1. The van der Waals surface area contributed by atoms with Crippen molar-refractivity contribution in [3.8, 4) is 66.8 Å². The van der Waals surface area contributed by atoms with Gasteiger partial charge in [0.15, 0.2) is 5.78 Å². The Labute approximate surface area is 351 Å². The van der Waals surface area contributed by atoms with Crippen LogP contribution in [0.15, 0.2) is 206 Å². The predicted molar refractivity (Wildman–Crippen MR) is 246 cm³/mol. The number of fused-ring (bicyclic) bond motifs is 12. The van der Waals surface area contributed by atoms with E-state index in [2.05, 4.69) is 220 Å². The third-order valence-electron chi connectivity index (χ3n) is 13.7. The molecule has 282 valence electrons. The average Bonchev–Trinajstić information content (AvgIpc) is 3.73. The minimum Gasteiger partial charge on any atom is -0.289 e. The molecule has 0 heterocycles.